The van der Waals surface area contributed by atoms with Crippen LogP contribution in [0, 0.1) is 0 Å². The highest BCUT2D eigenvalue weighted by Crippen LogP contribution is 2.34. The minimum atomic E-state index is -0.328. The Labute approximate surface area is 256 Å². The Morgan fingerprint density at radius 2 is 1.80 bits per heavy atom. The van der Waals surface area contributed by atoms with E-state index in [4.69, 9.17) is 30.5 Å². The molecule has 10 heteroatoms. The Balaban J connectivity index is 1.40. The maximum absolute atomic E-state index is 13.6. The lowest BCUT2D eigenvalue weighted by molar-refractivity contribution is 0.284. The monoisotopic (exact) mass is 691 g/mol. The predicted molar refractivity (Wildman–Crippen MR) is 168 cm³/mol. The minimum Gasteiger partial charge on any atom is -0.493 e. The summed E-state index contributed by atoms with van der Waals surface area (Å²) in [6.45, 7) is 0.269. The Hall–Kier alpha value is -3.92. The number of benzene rings is 4. The molecule has 0 spiro atoms. The fraction of sp³-hybridized carbons (Fsp3) is 0.0645. The molecule has 0 N–H and O–H groups in total. The molecule has 4 aromatic carbocycles. The van der Waals surface area contributed by atoms with Crippen LogP contribution < -0.4 is 15.0 Å². The van der Waals surface area contributed by atoms with Crippen LogP contribution in [0.3, 0.4) is 0 Å². The molecule has 204 valence electrons. The van der Waals surface area contributed by atoms with Crippen LogP contribution in [-0.2, 0) is 6.61 Å². The van der Waals surface area contributed by atoms with Gasteiger partial charge in [-0.2, -0.15) is 9.78 Å². The number of aromatic nitrogens is 2. The van der Waals surface area contributed by atoms with Gasteiger partial charge in [-0.1, -0.05) is 57.9 Å². The number of rotatable bonds is 7. The van der Waals surface area contributed by atoms with Gasteiger partial charge in [-0.05, 0) is 70.5 Å². The summed E-state index contributed by atoms with van der Waals surface area (Å²) in [7, 11) is 1.56. The first-order valence-electron chi connectivity index (χ1n) is 12.4. The number of hydrogen-bond acceptors (Lipinski definition) is 6. The third-order valence-corrected chi connectivity index (χ3v) is 7.94. The highest BCUT2D eigenvalue weighted by Gasteiger charge is 2.17. The standard InChI is InChI=1S/C31H20Br2ClN3O4/c1-39-27-14-20(23(33)15-28(27)40-17-18-6-2-4-8-24(18)34)16-35-37-30(36-25-9-5-3-7-22(25)31(37)38)29-13-19-12-21(32)10-11-26(19)41-29/h2-16H,17H2,1H3. The second-order valence-corrected chi connectivity index (χ2v) is 11.2. The van der Waals surface area contributed by atoms with Gasteiger partial charge in [0.2, 0.25) is 5.82 Å². The quantitative estimate of drug-likeness (QED) is 0.157. The summed E-state index contributed by atoms with van der Waals surface area (Å²) in [6.07, 6.45) is 1.56. The molecule has 0 saturated heterocycles. The number of nitrogens with zero attached hydrogens (tertiary/aromatic N) is 3. The number of para-hydroxylation sites is 1. The lowest BCUT2D eigenvalue weighted by atomic mass is 10.2. The van der Waals surface area contributed by atoms with Crippen LogP contribution in [0.5, 0.6) is 11.5 Å². The minimum absolute atomic E-state index is 0.269. The Kier molecular flexibility index (Phi) is 7.66. The first-order valence-corrected chi connectivity index (χ1v) is 14.4. The Morgan fingerprint density at radius 1 is 1.00 bits per heavy atom. The fourth-order valence-electron chi connectivity index (χ4n) is 4.33. The lowest BCUT2D eigenvalue weighted by Crippen LogP contribution is -2.20. The molecule has 41 heavy (non-hydrogen) atoms. The summed E-state index contributed by atoms with van der Waals surface area (Å²) in [4.78, 5) is 18.4. The van der Waals surface area contributed by atoms with Gasteiger partial charge in [-0.25, -0.2) is 4.98 Å². The molecule has 0 radical (unpaired) electrons. The maximum Gasteiger partial charge on any atom is 0.282 e. The number of fused-ring (bicyclic) bond motifs is 2. The highest BCUT2D eigenvalue weighted by atomic mass is 79.9. The van der Waals surface area contributed by atoms with Crippen molar-refractivity contribution in [1.29, 1.82) is 0 Å². The SMILES string of the molecule is COc1cc(C=Nn2c(-c3cc4cc(Br)ccc4o3)nc3ccccc3c2=O)c(Br)cc1OCc1ccccc1Cl. The highest BCUT2D eigenvalue weighted by molar-refractivity contribution is 9.10. The second-order valence-electron chi connectivity index (χ2n) is 9.01. The van der Waals surface area contributed by atoms with Gasteiger partial charge in [-0.3, -0.25) is 4.79 Å². The van der Waals surface area contributed by atoms with Crippen LogP contribution in [0.4, 0.5) is 0 Å². The summed E-state index contributed by atoms with van der Waals surface area (Å²) in [5.41, 5.74) is 2.40. The van der Waals surface area contributed by atoms with Crippen molar-refractivity contribution >= 4 is 71.5 Å². The zero-order chi connectivity index (χ0) is 28.5. The zero-order valence-electron chi connectivity index (χ0n) is 21.5. The van der Waals surface area contributed by atoms with Crippen molar-refractivity contribution in [2.45, 2.75) is 6.61 Å². The van der Waals surface area contributed by atoms with Crippen molar-refractivity contribution < 1.29 is 13.9 Å². The van der Waals surface area contributed by atoms with Gasteiger partial charge in [0.15, 0.2) is 17.3 Å². The van der Waals surface area contributed by atoms with Gasteiger partial charge in [0.05, 0.1) is 24.2 Å². The van der Waals surface area contributed by atoms with E-state index in [-0.39, 0.29) is 18.0 Å². The average molecular weight is 694 g/mol. The predicted octanol–water partition coefficient (Wildman–Crippen LogP) is 8.46. The number of furan rings is 1. The third-order valence-electron chi connectivity index (χ3n) is 6.39. The molecule has 2 aromatic heterocycles. The zero-order valence-corrected chi connectivity index (χ0v) is 25.4. The van der Waals surface area contributed by atoms with Gasteiger partial charge in [0.25, 0.3) is 5.56 Å². The summed E-state index contributed by atoms with van der Waals surface area (Å²) in [5, 5.41) is 6.49. The topological polar surface area (TPSA) is 78.9 Å². The van der Waals surface area contributed by atoms with E-state index >= 15 is 0 Å². The molecule has 0 unspecified atom stereocenters. The molecule has 6 aromatic rings. The van der Waals surface area contributed by atoms with E-state index < -0.39 is 0 Å². The van der Waals surface area contributed by atoms with Crippen LogP contribution in [0.1, 0.15) is 11.1 Å². The Bertz CT molecular complexity index is 2020. The van der Waals surface area contributed by atoms with E-state index in [1.807, 2.05) is 54.6 Å². The normalized spacial score (nSPS) is 11.5. The van der Waals surface area contributed by atoms with Gasteiger partial charge in [-0.15, -0.1) is 0 Å². The van der Waals surface area contributed by atoms with Gasteiger partial charge in [0, 0.05) is 30.5 Å². The molecule has 0 aliphatic heterocycles. The van der Waals surface area contributed by atoms with Gasteiger partial charge < -0.3 is 13.9 Å². The molecule has 6 rings (SSSR count). The largest absolute Gasteiger partial charge is 0.493 e. The summed E-state index contributed by atoms with van der Waals surface area (Å²) in [6, 6.07) is 25.7. The molecule has 0 bridgehead atoms. The molecule has 0 atom stereocenters. The summed E-state index contributed by atoms with van der Waals surface area (Å²) < 4.78 is 20.5. The molecule has 0 aliphatic carbocycles. The molecule has 7 nitrogen and oxygen atoms in total. The number of hydrogen-bond donors (Lipinski definition) is 0. The smallest absolute Gasteiger partial charge is 0.282 e. The lowest BCUT2D eigenvalue weighted by Gasteiger charge is -2.13. The van der Waals surface area contributed by atoms with E-state index in [1.54, 1.807) is 43.7 Å². The van der Waals surface area contributed by atoms with Crippen molar-refractivity contribution in [3.05, 3.63) is 120 Å². The van der Waals surface area contributed by atoms with E-state index in [0.29, 0.717) is 48.8 Å². The van der Waals surface area contributed by atoms with Crippen molar-refractivity contribution in [2.75, 3.05) is 7.11 Å². The summed E-state index contributed by atoms with van der Waals surface area (Å²) >= 11 is 13.4. The Morgan fingerprint density at radius 3 is 2.63 bits per heavy atom. The molecule has 2 heterocycles. The first-order chi connectivity index (χ1) is 19.9. The fourth-order valence-corrected chi connectivity index (χ4v) is 5.32. The summed E-state index contributed by atoms with van der Waals surface area (Å²) in [5.74, 6) is 1.71. The molecule has 0 saturated carbocycles. The molecular weight excluding hydrogens is 674 g/mol. The second kappa shape index (κ2) is 11.5. The molecule has 0 aliphatic rings. The number of halogens is 3. The van der Waals surface area contributed by atoms with Crippen molar-refractivity contribution in [2.24, 2.45) is 5.10 Å². The van der Waals surface area contributed by atoms with Crippen molar-refractivity contribution in [1.82, 2.24) is 9.66 Å². The third kappa shape index (κ3) is 5.53. The van der Waals surface area contributed by atoms with Crippen LogP contribution in [-0.4, -0.2) is 23.0 Å². The molecule has 0 amide bonds. The van der Waals surface area contributed by atoms with Crippen LogP contribution in [0.15, 0.2) is 108 Å². The average Bonchev–Trinajstić information content (AvgIpc) is 3.40. The molecular formula is C31H20Br2ClN3O4. The maximum atomic E-state index is 13.6. The van der Waals surface area contributed by atoms with E-state index in [9.17, 15) is 4.79 Å². The van der Waals surface area contributed by atoms with Crippen LogP contribution >= 0.6 is 43.5 Å². The van der Waals surface area contributed by atoms with E-state index in [0.717, 1.165) is 15.4 Å². The van der Waals surface area contributed by atoms with Gasteiger partial charge >= 0.3 is 0 Å². The van der Waals surface area contributed by atoms with Gasteiger partial charge in [0.1, 0.15) is 12.2 Å². The molecule has 0 fully saturated rings. The van der Waals surface area contributed by atoms with Crippen molar-refractivity contribution in [3.8, 4) is 23.1 Å². The van der Waals surface area contributed by atoms with Crippen LogP contribution in [0.2, 0.25) is 5.02 Å². The number of ether oxygens (including phenoxy) is 2. The number of methoxy groups -OCH3 is 1. The first kappa shape index (κ1) is 27.3. The van der Waals surface area contributed by atoms with Crippen LogP contribution in [0.25, 0.3) is 33.5 Å². The van der Waals surface area contributed by atoms with Crippen molar-refractivity contribution in [3.63, 3.8) is 0 Å². The van der Waals surface area contributed by atoms with E-state index in [1.165, 1.54) is 4.68 Å². The van der Waals surface area contributed by atoms with E-state index in [2.05, 4.69) is 37.0 Å².